The molecule has 0 heterocycles. The van der Waals surface area contributed by atoms with Crippen LogP contribution in [0.1, 0.15) is 20.3 Å². The van der Waals surface area contributed by atoms with E-state index in [0.29, 0.717) is 13.0 Å². The first kappa shape index (κ1) is 17.1. The molecular formula is C10H25ClN3O2S+. The topological polar surface area (TPSA) is 58.2 Å². The van der Waals surface area contributed by atoms with E-state index >= 15 is 0 Å². The number of likely N-dealkylation sites (N-methyl/N-ethyl adjacent to an activating group) is 1. The summed E-state index contributed by atoms with van der Waals surface area (Å²) in [7, 11) is 2.86. The Labute approximate surface area is 110 Å². The molecule has 0 radical (unpaired) electrons. The number of quaternary nitrogens is 1. The van der Waals surface area contributed by atoms with Gasteiger partial charge in [-0.1, -0.05) is 0 Å². The Kier molecular flexibility index (Phi) is 6.38. The predicted octanol–water partition coefficient (Wildman–Crippen LogP) is 0.524. The Morgan fingerprint density at radius 2 is 1.76 bits per heavy atom. The second-order valence-corrected chi connectivity index (χ2v) is 8.07. The highest BCUT2D eigenvalue weighted by Gasteiger charge is 2.21. The van der Waals surface area contributed by atoms with E-state index in [4.69, 9.17) is 11.8 Å². The van der Waals surface area contributed by atoms with E-state index in [1.165, 1.54) is 0 Å². The molecule has 0 atom stereocenters. The van der Waals surface area contributed by atoms with Crippen LogP contribution in [0.2, 0.25) is 0 Å². The van der Waals surface area contributed by atoms with Gasteiger partial charge in [-0.15, -0.1) is 0 Å². The molecule has 0 aliphatic carbocycles. The maximum atomic E-state index is 11.7. The van der Waals surface area contributed by atoms with Crippen molar-refractivity contribution in [1.82, 2.24) is 9.56 Å². The molecular weight excluding hydrogens is 262 g/mol. The molecule has 0 spiro atoms. The summed E-state index contributed by atoms with van der Waals surface area (Å²) in [6, 6.07) is 0. The van der Waals surface area contributed by atoms with Gasteiger partial charge in [-0.25, -0.2) is 18.0 Å². The van der Waals surface area contributed by atoms with Gasteiger partial charge in [0.05, 0.1) is 40.0 Å². The van der Waals surface area contributed by atoms with Crippen LogP contribution in [0, 0.1) is 0 Å². The molecule has 104 valence electrons. The third-order valence-corrected chi connectivity index (χ3v) is 4.25. The molecule has 0 aliphatic heterocycles. The van der Waals surface area contributed by atoms with Crippen molar-refractivity contribution in [2.45, 2.75) is 25.8 Å². The van der Waals surface area contributed by atoms with Gasteiger partial charge in [0.1, 0.15) is 0 Å². The Hall–Kier alpha value is 0.120. The predicted molar refractivity (Wildman–Crippen MR) is 72.4 cm³/mol. The maximum Gasteiger partial charge on any atom is 0.211 e. The molecule has 0 saturated carbocycles. The summed E-state index contributed by atoms with van der Waals surface area (Å²) < 4.78 is 26.7. The Bertz CT molecular complexity index is 323. The van der Waals surface area contributed by atoms with Crippen molar-refractivity contribution in [3.8, 4) is 0 Å². The molecule has 0 aliphatic rings. The molecule has 2 N–H and O–H groups in total. The summed E-state index contributed by atoms with van der Waals surface area (Å²) in [5.74, 6) is 0.0802. The molecule has 7 heteroatoms. The average Bonchev–Trinajstić information content (AvgIpc) is 2.13. The van der Waals surface area contributed by atoms with E-state index in [9.17, 15) is 8.42 Å². The summed E-state index contributed by atoms with van der Waals surface area (Å²) in [6.07, 6.45) is 0.468. The van der Waals surface area contributed by atoms with Gasteiger partial charge in [0.15, 0.2) is 0 Å². The number of hydrogen-bond donors (Lipinski definition) is 2. The summed E-state index contributed by atoms with van der Waals surface area (Å²) in [6.45, 7) is 4.94. The van der Waals surface area contributed by atoms with Crippen molar-refractivity contribution in [1.29, 1.82) is 0 Å². The lowest BCUT2D eigenvalue weighted by Gasteiger charge is -2.24. The van der Waals surface area contributed by atoms with E-state index < -0.39 is 10.0 Å². The lowest BCUT2D eigenvalue weighted by molar-refractivity contribution is -0.869. The third kappa shape index (κ3) is 9.79. The highest BCUT2D eigenvalue weighted by molar-refractivity contribution is 7.89. The van der Waals surface area contributed by atoms with Gasteiger partial charge in [-0.3, -0.25) is 0 Å². The second-order valence-electron chi connectivity index (χ2n) is 5.96. The molecule has 0 rings (SSSR count). The van der Waals surface area contributed by atoms with Crippen molar-refractivity contribution >= 4 is 21.8 Å². The van der Waals surface area contributed by atoms with Gasteiger partial charge < -0.3 is 4.48 Å². The number of sulfonamides is 1. The molecule has 0 aromatic rings. The Morgan fingerprint density at radius 1 is 1.24 bits per heavy atom. The van der Waals surface area contributed by atoms with Crippen LogP contribution in [0.4, 0.5) is 0 Å². The lowest BCUT2D eigenvalue weighted by Crippen LogP contribution is -2.43. The van der Waals surface area contributed by atoms with Crippen molar-refractivity contribution in [3.05, 3.63) is 0 Å². The van der Waals surface area contributed by atoms with Crippen molar-refractivity contribution in [2.75, 3.05) is 40.0 Å². The zero-order valence-corrected chi connectivity index (χ0v) is 13.0. The standard InChI is InChI=1S/C10H25ClN3O2S/c1-10(2,13-11)6-9-17(15,16)12-7-8-14(3,4)5/h12-13H,6-9H2,1-5H3/q+1. The minimum Gasteiger partial charge on any atom is -0.330 e. The Balaban J connectivity index is 4.06. The summed E-state index contributed by atoms with van der Waals surface area (Å²) in [5.41, 5.74) is -0.379. The van der Waals surface area contributed by atoms with E-state index in [0.717, 1.165) is 11.0 Å². The van der Waals surface area contributed by atoms with Crippen LogP contribution in [-0.2, 0) is 10.0 Å². The fourth-order valence-electron chi connectivity index (χ4n) is 1.05. The van der Waals surface area contributed by atoms with Crippen molar-refractivity contribution in [2.24, 2.45) is 0 Å². The molecule has 0 aromatic carbocycles. The largest absolute Gasteiger partial charge is 0.330 e. The first-order valence-corrected chi connectivity index (χ1v) is 7.66. The van der Waals surface area contributed by atoms with Gasteiger partial charge in [0, 0.05) is 5.54 Å². The molecule has 17 heavy (non-hydrogen) atoms. The molecule has 0 amide bonds. The molecule has 0 saturated heterocycles. The summed E-state index contributed by atoms with van der Waals surface area (Å²) >= 11 is 5.52. The van der Waals surface area contributed by atoms with Gasteiger partial charge in [-0.05, 0) is 32.0 Å². The number of hydrogen-bond acceptors (Lipinski definition) is 3. The zero-order valence-electron chi connectivity index (χ0n) is 11.4. The van der Waals surface area contributed by atoms with Crippen LogP contribution in [0.25, 0.3) is 0 Å². The number of nitrogens with zero attached hydrogens (tertiary/aromatic N) is 1. The number of nitrogens with one attached hydrogen (secondary N) is 2. The Morgan fingerprint density at radius 3 is 2.18 bits per heavy atom. The fraction of sp³-hybridized carbons (Fsp3) is 1.00. The SMILES string of the molecule is CC(C)(CCS(=O)(=O)NCC[N+](C)(C)C)NCl. The molecule has 0 bridgehead atoms. The summed E-state index contributed by atoms with van der Waals surface area (Å²) in [4.78, 5) is 2.57. The molecule has 0 fully saturated rings. The average molecular weight is 287 g/mol. The molecule has 0 aromatic heterocycles. The first-order chi connectivity index (χ1) is 7.47. The lowest BCUT2D eigenvalue weighted by atomic mass is 10.0. The van der Waals surface area contributed by atoms with E-state index in [2.05, 4.69) is 9.56 Å². The normalized spacial score (nSPS) is 14.0. The van der Waals surface area contributed by atoms with Crippen LogP contribution in [0.5, 0.6) is 0 Å². The first-order valence-electron chi connectivity index (χ1n) is 5.63. The minimum absolute atomic E-state index is 0.0802. The zero-order chi connectivity index (χ0) is 13.7. The molecule has 0 unspecified atom stereocenters. The van der Waals surface area contributed by atoms with Gasteiger partial charge >= 0.3 is 0 Å². The highest BCUT2D eigenvalue weighted by Crippen LogP contribution is 2.10. The van der Waals surface area contributed by atoms with Crippen LogP contribution in [0.3, 0.4) is 0 Å². The van der Waals surface area contributed by atoms with Crippen molar-refractivity contribution in [3.63, 3.8) is 0 Å². The highest BCUT2D eigenvalue weighted by atomic mass is 35.5. The van der Waals surface area contributed by atoms with Crippen LogP contribution < -0.4 is 9.56 Å². The van der Waals surface area contributed by atoms with Crippen LogP contribution >= 0.6 is 11.8 Å². The fourth-order valence-corrected chi connectivity index (χ4v) is 2.47. The smallest absolute Gasteiger partial charge is 0.211 e. The quantitative estimate of drug-likeness (QED) is 0.505. The van der Waals surface area contributed by atoms with Gasteiger partial charge in [-0.2, -0.15) is 0 Å². The number of rotatable bonds is 8. The van der Waals surface area contributed by atoms with Crippen LogP contribution in [-0.4, -0.2) is 58.4 Å². The van der Waals surface area contributed by atoms with Gasteiger partial charge in [0.2, 0.25) is 10.0 Å². The monoisotopic (exact) mass is 286 g/mol. The minimum atomic E-state index is -3.21. The maximum absolute atomic E-state index is 11.7. The number of halogens is 1. The molecule has 5 nitrogen and oxygen atoms in total. The van der Waals surface area contributed by atoms with E-state index in [1.807, 2.05) is 35.0 Å². The van der Waals surface area contributed by atoms with E-state index in [-0.39, 0.29) is 11.3 Å². The van der Waals surface area contributed by atoms with Gasteiger partial charge in [0.25, 0.3) is 0 Å². The van der Waals surface area contributed by atoms with Crippen LogP contribution in [0.15, 0.2) is 0 Å². The summed E-state index contributed by atoms with van der Waals surface area (Å²) in [5, 5.41) is 0. The van der Waals surface area contributed by atoms with Crippen molar-refractivity contribution < 1.29 is 12.9 Å². The van der Waals surface area contributed by atoms with E-state index in [1.54, 1.807) is 0 Å². The third-order valence-electron chi connectivity index (χ3n) is 2.36. The second kappa shape index (κ2) is 6.33.